The van der Waals surface area contributed by atoms with Gasteiger partial charge in [0.15, 0.2) is 5.96 Å². The molecule has 0 unspecified atom stereocenters. The summed E-state index contributed by atoms with van der Waals surface area (Å²) in [7, 11) is 3.53. The lowest BCUT2D eigenvalue weighted by Gasteiger charge is -2.37. The molecule has 154 valence electrons. The largest absolute Gasteiger partial charge is 0.497 e. The third kappa shape index (κ3) is 5.49. The van der Waals surface area contributed by atoms with Gasteiger partial charge in [0.05, 0.1) is 7.11 Å². The Bertz CT molecular complexity index is 739. The van der Waals surface area contributed by atoms with Gasteiger partial charge in [-0.3, -0.25) is 4.99 Å². The molecule has 1 saturated heterocycles. The molecule has 1 aromatic heterocycles. The van der Waals surface area contributed by atoms with Gasteiger partial charge in [-0.1, -0.05) is 6.92 Å². The van der Waals surface area contributed by atoms with Crippen LogP contribution in [0.2, 0.25) is 0 Å². The molecule has 1 aliphatic rings. The number of aryl methyl sites for hydroxylation is 1. The van der Waals surface area contributed by atoms with E-state index in [0.717, 1.165) is 63.2 Å². The number of nitrogens with zero attached hydrogens (tertiary/aromatic N) is 6. The summed E-state index contributed by atoms with van der Waals surface area (Å²) in [6.07, 6.45) is 2.68. The van der Waals surface area contributed by atoms with Crippen molar-refractivity contribution in [3.8, 4) is 5.75 Å². The average molecular weight is 499 g/mol. The van der Waals surface area contributed by atoms with Crippen LogP contribution in [0.4, 0.5) is 5.69 Å². The number of rotatable bonds is 6. The summed E-state index contributed by atoms with van der Waals surface area (Å²) in [4.78, 5) is 9.16. The average Bonchev–Trinajstić information content (AvgIpc) is 3.19. The Morgan fingerprint density at radius 2 is 1.89 bits per heavy atom. The van der Waals surface area contributed by atoms with Gasteiger partial charge in [0.1, 0.15) is 17.9 Å². The van der Waals surface area contributed by atoms with Crippen molar-refractivity contribution in [3.63, 3.8) is 0 Å². The number of nitrogens with one attached hydrogen (secondary N) is 1. The van der Waals surface area contributed by atoms with E-state index >= 15 is 0 Å². The standard InChI is InChI=1S/C19H29N7O.HI/c1-4-18-23-22-15-26(18)10-9-21-19(20-2)25-13-11-24(12-14-25)16-5-7-17(27-3)8-6-16;/h5-8,15H,4,9-14H2,1-3H3,(H,20,21);1H. The Hall–Kier alpha value is -2.04. The lowest BCUT2D eigenvalue weighted by atomic mass is 10.2. The Balaban J connectivity index is 0.00000280. The summed E-state index contributed by atoms with van der Waals surface area (Å²) >= 11 is 0. The van der Waals surface area contributed by atoms with Crippen LogP contribution in [-0.4, -0.2) is 72.5 Å². The van der Waals surface area contributed by atoms with Crippen molar-refractivity contribution in [3.05, 3.63) is 36.4 Å². The Labute approximate surface area is 184 Å². The number of benzene rings is 1. The smallest absolute Gasteiger partial charge is 0.193 e. The first-order valence-electron chi connectivity index (χ1n) is 9.46. The number of aliphatic imine (C=N–C) groups is 1. The third-order valence-electron chi connectivity index (χ3n) is 4.88. The highest BCUT2D eigenvalue weighted by Crippen LogP contribution is 2.20. The van der Waals surface area contributed by atoms with Gasteiger partial charge in [0.25, 0.3) is 0 Å². The molecule has 0 bridgehead atoms. The summed E-state index contributed by atoms with van der Waals surface area (Å²) in [5.74, 6) is 2.86. The first-order chi connectivity index (χ1) is 13.2. The molecular weight excluding hydrogens is 469 g/mol. The minimum atomic E-state index is 0. The number of guanidine groups is 1. The molecule has 0 radical (unpaired) electrons. The zero-order chi connectivity index (χ0) is 19.1. The fourth-order valence-electron chi connectivity index (χ4n) is 3.33. The van der Waals surface area contributed by atoms with Crippen LogP contribution in [0.1, 0.15) is 12.7 Å². The maximum absolute atomic E-state index is 5.24. The van der Waals surface area contributed by atoms with Crippen molar-refractivity contribution in [2.45, 2.75) is 19.9 Å². The van der Waals surface area contributed by atoms with Gasteiger partial charge in [-0.15, -0.1) is 34.2 Å². The van der Waals surface area contributed by atoms with Gasteiger partial charge in [-0.2, -0.15) is 0 Å². The number of methoxy groups -OCH3 is 1. The van der Waals surface area contributed by atoms with Crippen molar-refractivity contribution in [2.24, 2.45) is 4.99 Å². The quantitative estimate of drug-likeness (QED) is 0.372. The summed E-state index contributed by atoms with van der Waals surface area (Å²) in [6, 6.07) is 8.26. The molecule has 1 N–H and O–H groups in total. The minimum absolute atomic E-state index is 0. The predicted molar refractivity (Wildman–Crippen MR) is 123 cm³/mol. The predicted octanol–water partition coefficient (Wildman–Crippen LogP) is 1.86. The molecule has 0 saturated carbocycles. The van der Waals surface area contributed by atoms with E-state index in [-0.39, 0.29) is 24.0 Å². The molecule has 0 spiro atoms. The topological polar surface area (TPSA) is 70.8 Å². The summed E-state index contributed by atoms with van der Waals surface area (Å²) in [5, 5.41) is 11.6. The molecule has 1 fully saturated rings. The van der Waals surface area contributed by atoms with E-state index in [0.29, 0.717) is 0 Å². The summed E-state index contributed by atoms with van der Waals surface area (Å²) in [6.45, 7) is 7.56. The van der Waals surface area contributed by atoms with Gasteiger partial charge in [0, 0.05) is 58.4 Å². The lowest BCUT2D eigenvalue weighted by molar-refractivity contribution is 0.371. The number of hydrogen-bond donors (Lipinski definition) is 1. The molecular formula is C19H30IN7O. The fraction of sp³-hybridized carbons (Fsp3) is 0.526. The van der Waals surface area contributed by atoms with Crippen LogP contribution < -0.4 is 15.0 Å². The van der Waals surface area contributed by atoms with E-state index in [4.69, 9.17) is 4.74 Å². The Morgan fingerprint density at radius 3 is 2.50 bits per heavy atom. The molecule has 2 aromatic rings. The number of anilines is 1. The molecule has 8 nitrogen and oxygen atoms in total. The zero-order valence-corrected chi connectivity index (χ0v) is 19.2. The minimum Gasteiger partial charge on any atom is -0.497 e. The fourth-order valence-corrected chi connectivity index (χ4v) is 3.33. The van der Waals surface area contributed by atoms with E-state index < -0.39 is 0 Å². The second-order valence-electron chi connectivity index (χ2n) is 6.44. The molecule has 2 heterocycles. The van der Waals surface area contributed by atoms with Gasteiger partial charge < -0.3 is 24.4 Å². The normalized spacial score (nSPS) is 14.6. The van der Waals surface area contributed by atoms with Crippen LogP contribution in [0.15, 0.2) is 35.6 Å². The first-order valence-corrected chi connectivity index (χ1v) is 9.46. The van der Waals surface area contributed by atoms with E-state index in [1.54, 1.807) is 13.4 Å². The number of halogens is 1. The van der Waals surface area contributed by atoms with Crippen LogP contribution in [0.5, 0.6) is 5.75 Å². The highest BCUT2D eigenvalue weighted by Gasteiger charge is 2.19. The van der Waals surface area contributed by atoms with Crippen LogP contribution in [-0.2, 0) is 13.0 Å². The van der Waals surface area contributed by atoms with E-state index in [9.17, 15) is 0 Å². The molecule has 0 aliphatic carbocycles. The molecule has 1 aromatic carbocycles. The summed E-state index contributed by atoms with van der Waals surface area (Å²) in [5.41, 5.74) is 1.23. The van der Waals surface area contributed by atoms with Gasteiger partial charge >= 0.3 is 0 Å². The van der Waals surface area contributed by atoms with Gasteiger partial charge in [0.2, 0.25) is 0 Å². The van der Waals surface area contributed by atoms with Crippen molar-refractivity contribution in [2.75, 3.05) is 51.8 Å². The maximum Gasteiger partial charge on any atom is 0.193 e. The van der Waals surface area contributed by atoms with Crippen LogP contribution in [0.25, 0.3) is 0 Å². The third-order valence-corrected chi connectivity index (χ3v) is 4.88. The van der Waals surface area contributed by atoms with Crippen LogP contribution in [0.3, 0.4) is 0 Å². The number of ether oxygens (including phenoxy) is 1. The molecule has 9 heteroatoms. The van der Waals surface area contributed by atoms with Crippen molar-refractivity contribution in [1.29, 1.82) is 0 Å². The molecule has 0 amide bonds. The van der Waals surface area contributed by atoms with Crippen LogP contribution >= 0.6 is 24.0 Å². The molecule has 0 atom stereocenters. The number of piperazine rings is 1. The van der Waals surface area contributed by atoms with Crippen molar-refractivity contribution in [1.82, 2.24) is 25.0 Å². The van der Waals surface area contributed by atoms with Crippen LogP contribution in [0, 0.1) is 0 Å². The van der Waals surface area contributed by atoms with Crippen molar-refractivity contribution < 1.29 is 4.74 Å². The zero-order valence-electron chi connectivity index (χ0n) is 16.8. The molecule has 1 aliphatic heterocycles. The second kappa shape index (κ2) is 11.1. The van der Waals surface area contributed by atoms with E-state index in [1.807, 2.05) is 19.2 Å². The maximum atomic E-state index is 5.24. The Kier molecular flexibility index (Phi) is 8.81. The first kappa shape index (κ1) is 22.3. The monoisotopic (exact) mass is 499 g/mol. The van der Waals surface area contributed by atoms with E-state index in [2.05, 4.69) is 53.9 Å². The van der Waals surface area contributed by atoms with E-state index in [1.165, 1.54) is 5.69 Å². The molecule has 3 rings (SSSR count). The number of aromatic nitrogens is 3. The highest BCUT2D eigenvalue weighted by atomic mass is 127. The SMILES string of the molecule is CCc1nncn1CCNC(=NC)N1CCN(c2ccc(OC)cc2)CC1.I. The lowest BCUT2D eigenvalue weighted by Crippen LogP contribution is -2.52. The Morgan fingerprint density at radius 1 is 1.18 bits per heavy atom. The van der Waals surface area contributed by atoms with Crippen molar-refractivity contribution >= 4 is 35.6 Å². The molecule has 28 heavy (non-hydrogen) atoms. The van der Waals surface area contributed by atoms with Gasteiger partial charge in [-0.25, -0.2) is 0 Å². The van der Waals surface area contributed by atoms with Gasteiger partial charge in [-0.05, 0) is 24.3 Å². The summed E-state index contributed by atoms with van der Waals surface area (Å²) < 4.78 is 7.32. The second-order valence-corrected chi connectivity index (χ2v) is 6.44. The highest BCUT2D eigenvalue weighted by molar-refractivity contribution is 14.0. The number of hydrogen-bond acceptors (Lipinski definition) is 5.